The van der Waals surface area contributed by atoms with Crippen LogP contribution in [0.15, 0.2) is 39.5 Å². The van der Waals surface area contributed by atoms with Crippen molar-refractivity contribution >= 4 is 28.9 Å². The number of amides is 1. The molecule has 0 saturated carbocycles. The van der Waals surface area contributed by atoms with Gasteiger partial charge in [0.15, 0.2) is 6.61 Å². The van der Waals surface area contributed by atoms with Crippen LogP contribution in [0.4, 0.5) is 5.69 Å². The minimum Gasteiger partial charge on any atom is -0.456 e. The molecule has 1 aromatic carbocycles. The second-order valence-corrected chi connectivity index (χ2v) is 7.17. The van der Waals surface area contributed by atoms with E-state index in [0.717, 1.165) is 35.2 Å². The van der Waals surface area contributed by atoms with Crippen molar-refractivity contribution in [1.29, 1.82) is 0 Å². The Bertz CT molecular complexity index is 944. The van der Waals surface area contributed by atoms with Crippen LogP contribution in [-0.4, -0.2) is 28.6 Å². The number of benzene rings is 1. The predicted molar refractivity (Wildman–Crippen MR) is 111 cm³/mol. The fraction of sp³-hybridized carbons (Fsp3) is 0.333. The Hall–Kier alpha value is -3.00. The largest absolute Gasteiger partial charge is 0.456 e. The zero-order valence-electron chi connectivity index (χ0n) is 16.4. The van der Waals surface area contributed by atoms with Gasteiger partial charge in [-0.15, -0.1) is 0 Å². The minimum atomic E-state index is -0.491. The lowest BCUT2D eigenvalue weighted by atomic mass is 10.0. The highest BCUT2D eigenvalue weighted by molar-refractivity contribution is 7.08. The van der Waals surface area contributed by atoms with Gasteiger partial charge in [-0.2, -0.15) is 16.3 Å². The van der Waals surface area contributed by atoms with Crippen LogP contribution in [0, 0.1) is 0 Å². The predicted octanol–water partition coefficient (Wildman–Crippen LogP) is 4.04. The van der Waals surface area contributed by atoms with Crippen LogP contribution in [0.3, 0.4) is 0 Å². The average molecular weight is 413 g/mol. The normalized spacial score (nSPS) is 10.7. The molecule has 0 unspecified atom stereocenters. The molecule has 0 saturated heterocycles. The van der Waals surface area contributed by atoms with Crippen LogP contribution < -0.4 is 5.32 Å². The van der Waals surface area contributed by atoms with Crippen LogP contribution in [0.5, 0.6) is 0 Å². The van der Waals surface area contributed by atoms with Gasteiger partial charge in [0.1, 0.15) is 0 Å². The monoisotopic (exact) mass is 413 g/mol. The van der Waals surface area contributed by atoms with Crippen molar-refractivity contribution in [3.63, 3.8) is 0 Å². The molecule has 0 radical (unpaired) electrons. The molecule has 0 aliphatic rings. The third-order valence-electron chi connectivity index (χ3n) is 4.42. The molecule has 0 spiro atoms. The van der Waals surface area contributed by atoms with Crippen molar-refractivity contribution < 1.29 is 18.8 Å². The molecule has 3 aromatic rings. The summed E-state index contributed by atoms with van der Waals surface area (Å²) in [6.45, 7) is 3.74. The topological polar surface area (TPSA) is 94.3 Å². The number of hydrogen-bond acceptors (Lipinski definition) is 7. The molecule has 152 valence electrons. The van der Waals surface area contributed by atoms with Crippen molar-refractivity contribution in [3.05, 3.63) is 52.0 Å². The van der Waals surface area contributed by atoms with Gasteiger partial charge in [0, 0.05) is 23.1 Å². The number of nitrogens with one attached hydrogen (secondary N) is 1. The van der Waals surface area contributed by atoms with Crippen molar-refractivity contribution in [1.82, 2.24) is 10.1 Å². The Labute approximate surface area is 173 Å². The first-order valence-electron chi connectivity index (χ1n) is 9.52. The minimum absolute atomic E-state index is 0.0598. The third-order valence-corrected chi connectivity index (χ3v) is 5.10. The summed E-state index contributed by atoms with van der Waals surface area (Å²) in [6, 6.07) is 7.84. The number of ether oxygens (including phenoxy) is 1. The summed E-state index contributed by atoms with van der Waals surface area (Å²) in [5, 5.41) is 10.6. The molecular weight excluding hydrogens is 390 g/mol. The Kier molecular flexibility index (Phi) is 7.13. The van der Waals surface area contributed by atoms with Crippen molar-refractivity contribution in [2.75, 3.05) is 11.9 Å². The van der Waals surface area contributed by atoms with Gasteiger partial charge in [0.25, 0.3) is 5.91 Å². The van der Waals surface area contributed by atoms with Gasteiger partial charge in [-0.1, -0.05) is 37.2 Å². The van der Waals surface area contributed by atoms with Crippen LogP contribution in [-0.2, 0) is 33.6 Å². The van der Waals surface area contributed by atoms with Crippen LogP contribution in [0.2, 0.25) is 0 Å². The standard InChI is InChI=1S/C21H23N3O4S/c1-3-14-6-5-7-15(4-2)20(14)22-17(25)12-27-19(26)9-8-18-23-21(24-28-18)16-10-11-29-13-16/h5-7,10-11,13H,3-4,8-9,12H2,1-2H3,(H,22,25). The number of hydrogen-bond donors (Lipinski definition) is 1. The lowest BCUT2D eigenvalue weighted by Gasteiger charge is -2.14. The number of thiophene rings is 1. The van der Waals surface area contributed by atoms with Gasteiger partial charge >= 0.3 is 5.97 Å². The molecule has 2 aromatic heterocycles. The number of anilines is 1. The van der Waals surface area contributed by atoms with E-state index < -0.39 is 5.97 Å². The summed E-state index contributed by atoms with van der Waals surface area (Å²) in [6.07, 6.45) is 1.93. The zero-order valence-corrected chi connectivity index (χ0v) is 17.3. The van der Waals surface area contributed by atoms with E-state index in [-0.39, 0.29) is 25.4 Å². The van der Waals surface area contributed by atoms with E-state index in [2.05, 4.69) is 15.5 Å². The molecule has 2 heterocycles. The number of aryl methyl sites for hydroxylation is 3. The first-order chi connectivity index (χ1) is 14.1. The lowest BCUT2D eigenvalue weighted by Crippen LogP contribution is -2.22. The number of carbonyl (C=O) groups is 2. The van der Waals surface area contributed by atoms with Crippen LogP contribution in [0.1, 0.15) is 37.3 Å². The molecule has 0 fully saturated rings. The number of aromatic nitrogens is 2. The Morgan fingerprint density at radius 2 is 1.93 bits per heavy atom. The van der Waals surface area contributed by atoms with Gasteiger partial charge in [-0.3, -0.25) is 9.59 Å². The molecule has 1 N–H and O–H groups in total. The van der Waals surface area contributed by atoms with E-state index in [1.807, 2.05) is 48.9 Å². The maximum absolute atomic E-state index is 12.2. The molecule has 29 heavy (non-hydrogen) atoms. The van der Waals surface area contributed by atoms with Crippen molar-refractivity contribution in [3.8, 4) is 11.4 Å². The van der Waals surface area contributed by atoms with E-state index in [1.165, 1.54) is 0 Å². The smallest absolute Gasteiger partial charge is 0.306 e. The first-order valence-corrected chi connectivity index (χ1v) is 10.5. The molecule has 3 rings (SSSR count). The van der Waals surface area contributed by atoms with Gasteiger partial charge in [0.2, 0.25) is 11.7 Å². The molecular formula is C21H23N3O4S. The summed E-state index contributed by atoms with van der Waals surface area (Å²) in [5.41, 5.74) is 3.80. The Morgan fingerprint density at radius 1 is 1.17 bits per heavy atom. The summed E-state index contributed by atoms with van der Waals surface area (Å²) in [7, 11) is 0. The second kappa shape index (κ2) is 9.97. The highest BCUT2D eigenvalue weighted by atomic mass is 32.1. The molecule has 0 atom stereocenters. The summed E-state index contributed by atoms with van der Waals surface area (Å²) in [5.74, 6) is 0.00813. The molecule has 7 nitrogen and oxygen atoms in total. The Balaban J connectivity index is 1.47. The van der Waals surface area contributed by atoms with Crippen LogP contribution in [0.25, 0.3) is 11.4 Å². The van der Waals surface area contributed by atoms with E-state index in [0.29, 0.717) is 11.7 Å². The second-order valence-electron chi connectivity index (χ2n) is 6.39. The summed E-state index contributed by atoms with van der Waals surface area (Å²) >= 11 is 1.54. The SMILES string of the molecule is CCc1cccc(CC)c1NC(=O)COC(=O)CCc1nc(-c2ccsc2)no1. The van der Waals surface area contributed by atoms with Gasteiger partial charge in [0.05, 0.1) is 6.42 Å². The van der Waals surface area contributed by atoms with Gasteiger partial charge < -0.3 is 14.6 Å². The molecule has 1 amide bonds. The third kappa shape index (κ3) is 5.51. The first kappa shape index (κ1) is 20.7. The van der Waals surface area contributed by atoms with Crippen molar-refractivity contribution in [2.24, 2.45) is 0 Å². The maximum Gasteiger partial charge on any atom is 0.306 e. The average Bonchev–Trinajstić information content (AvgIpc) is 3.42. The lowest BCUT2D eigenvalue weighted by molar-refractivity contribution is -0.147. The van der Waals surface area contributed by atoms with E-state index in [1.54, 1.807) is 11.3 Å². The molecule has 8 heteroatoms. The number of para-hydroxylation sites is 1. The van der Waals surface area contributed by atoms with Crippen molar-refractivity contribution in [2.45, 2.75) is 39.5 Å². The van der Waals surface area contributed by atoms with E-state index in [4.69, 9.17) is 9.26 Å². The highest BCUT2D eigenvalue weighted by Crippen LogP contribution is 2.22. The van der Waals surface area contributed by atoms with E-state index in [9.17, 15) is 9.59 Å². The number of esters is 1. The van der Waals surface area contributed by atoms with E-state index >= 15 is 0 Å². The zero-order chi connectivity index (χ0) is 20.6. The van der Waals surface area contributed by atoms with Crippen LogP contribution >= 0.6 is 11.3 Å². The highest BCUT2D eigenvalue weighted by Gasteiger charge is 2.14. The molecule has 0 bridgehead atoms. The molecule has 0 aliphatic heterocycles. The summed E-state index contributed by atoms with van der Waals surface area (Å²) in [4.78, 5) is 28.5. The Morgan fingerprint density at radius 3 is 2.59 bits per heavy atom. The summed E-state index contributed by atoms with van der Waals surface area (Å²) < 4.78 is 10.2. The maximum atomic E-state index is 12.2. The van der Waals surface area contributed by atoms with Gasteiger partial charge in [-0.25, -0.2) is 0 Å². The molecule has 0 aliphatic carbocycles. The fourth-order valence-corrected chi connectivity index (χ4v) is 3.51. The fourth-order valence-electron chi connectivity index (χ4n) is 2.87. The number of carbonyl (C=O) groups excluding carboxylic acids is 2. The quantitative estimate of drug-likeness (QED) is 0.532. The number of rotatable bonds is 9. The van der Waals surface area contributed by atoms with Gasteiger partial charge in [-0.05, 0) is 35.4 Å². The number of nitrogens with zero attached hydrogens (tertiary/aromatic N) is 2.